The van der Waals surface area contributed by atoms with Gasteiger partial charge in [0.25, 0.3) is 0 Å². The first-order valence-electron chi connectivity index (χ1n) is 14.2. The van der Waals surface area contributed by atoms with Crippen LogP contribution in [0.1, 0.15) is 145 Å². The van der Waals surface area contributed by atoms with Crippen molar-refractivity contribution in [1.82, 2.24) is 0 Å². The monoisotopic (exact) mass is 582 g/mol. The molecule has 0 aromatic heterocycles. The standard InChI is InChI=1S/2C16H21.C2H4.2FH.Zr/c2*1-10(2)13-8-14-6-12(5)7-16(14)15(9-13)11(3)4;1-2;;;/h2*6-11H,1-5H3;1-2H2;2*1H;/q;;;;;+2/p-2. The molecule has 0 saturated carbocycles. The Morgan fingerprint density at radius 3 is 1.19 bits per heavy atom. The maximum absolute atomic E-state index is 2.64. The van der Waals surface area contributed by atoms with Crippen molar-refractivity contribution in [2.24, 2.45) is 0 Å². The quantitative estimate of drug-likeness (QED) is 0.458. The van der Waals surface area contributed by atoms with E-state index in [1.165, 1.54) is 0 Å². The number of hydrogen-bond acceptors (Lipinski definition) is 0. The van der Waals surface area contributed by atoms with E-state index in [9.17, 15) is 0 Å². The van der Waals surface area contributed by atoms with Crippen LogP contribution in [0.2, 0.25) is 8.26 Å². The molecule has 0 nitrogen and oxygen atoms in total. The Morgan fingerprint density at radius 1 is 0.568 bits per heavy atom. The molecule has 200 valence electrons. The van der Waals surface area contributed by atoms with Crippen molar-refractivity contribution < 1.29 is 29.7 Å². The average Bonchev–Trinajstić information content (AvgIpc) is 3.36. The molecule has 1 saturated heterocycles. The number of allylic oxidation sites excluding steroid dienone is 2. The van der Waals surface area contributed by atoms with Gasteiger partial charge in [0, 0.05) is 0 Å². The predicted molar refractivity (Wildman–Crippen MR) is 152 cm³/mol. The van der Waals surface area contributed by atoms with E-state index in [-0.39, 0.29) is 9.41 Å². The molecular formula is C34H46F2Zr. The van der Waals surface area contributed by atoms with Crippen molar-refractivity contribution in [2.45, 2.75) is 108 Å². The fourth-order valence-electron chi connectivity index (χ4n) is 7.41. The summed E-state index contributed by atoms with van der Waals surface area (Å²) in [6, 6.07) is 10.3. The van der Waals surface area contributed by atoms with E-state index in [0.29, 0.717) is 23.7 Å². The summed E-state index contributed by atoms with van der Waals surface area (Å²) in [4.78, 5) is 0. The Kier molecular flexibility index (Phi) is 8.71. The van der Waals surface area contributed by atoms with Crippen LogP contribution in [0.25, 0.3) is 12.2 Å². The van der Waals surface area contributed by atoms with Crippen LogP contribution in [0.15, 0.2) is 35.4 Å². The van der Waals surface area contributed by atoms with E-state index >= 15 is 0 Å². The molecule has 0 spiro atoms. The minimum atomic E-state index is -2.56. The van der Waals surface area contributed by atoms with E-state index < -0.39 is 20.3 Å². The first-order chi connectivity index (χ1) is 16.5. The molecule has 2 aromatic carbocycles. The van der Waals surface area contributed by atoms with Crippen LogP contribution < -0.4 is 9.41 Å². The maximum Gasteiger partial charge on any atom is -1.00 e. The van der Waals surface area contributed by atoms with E-state index in [4.69, 9.17) is 0 Å². The van der Waals surface area contributed by atoms with Crippen LogP contribution in [0.4, 0.5) is 0 Å². The number of halogens is 2. The second-order valence-corrected chi connectivity index (χ2v) is 24.6. The summed E-state index contributed by atoms with van der Waals surface area (Å²) in [6.45, 7) is 23.9. The van der Waals surface area contributed by atoms with Crippen molar-refractivity contribution in [3.8, 4) is 0 Å². The molecule has 1 aliphatic heterocycles. The van der Waals surface area contributed by atoms with Gasteiger partial charge in [0.1, 0.15) is 0 Å². The van der Waals surface area contributed by atoms with E-state index in [2.05, 4.69) is 106 Å². The van der Waals surface area contributed by atoms with Gasteiger partial charge < -0.3 is 9.41 Å². The Hall–Kier alpha value is -1.34. The van der Waals surface area contributed by atoms with Crippen LogP contribution in [-0.4, -0.2) is 0 Å². The molecule has 1 heterocycles. The summed E-state index contributed by atoms with van der Waals surface area (Å²) in [6.07, 6.45) is 5.21. The molecule has 3 heteroatoms. The normalized spacial score (nSPS) is 20.2. The smallest absolute Gasteiger partial charge is 1.00 e. The van der Waals surface area contributed by atoms with Gasteiger partial charge in [-0.05, 0) is 0 Å². The fraction of sp³-hybridized carbons (Fsp3) is 0.529. The van der Waals surface area contributed by atoms with Crippen LogP contribution >= 0.6 is 0 Å². The molecule has 1 fully saturated rings. The predicted octanol–water partition coefficient (Wildman–Crippen LogP) is 4.81. The first kappa shape index (κ1) is 30.2. The fourth-order valence-corrected chi connectivity index (χ4v) is 25.1. The molecule has 2 aromatic rings. The topological polar surface area (TPSA) is 0 Å². The Balaban J connectivity index is 0.00000190. The summed E-state index contributed by atoms with van der Waals surface area (Å²) >= 11 is -2.56. The molecule has 3 aliphatic rings. The summed E-state index contributed by atoms with van der Waals surface area (Å²) in [7, 11) is 0. The van der Waals surface area contributed by atoms with Gasteiger partial charge in [0.2, 0.25) is 0 Å². The van der Waals surface area contributed by atoms with Gasteiger partial charge in [-0.1, -0.05) is 0 Å². The zero-order chi connectivity index (χ0) is 25.4. The van der Waals surface area contributed by atoms with Gasteiger partial charge in [0.05, 0.1) is 0 Å². The summed E-state index contributed by atoms with van der Waals surface area (Å²) in [5.74, 6) is 2.32. The average molecular weight is 584 g/mol. The zero-order valence-corrected chi connectivity index (χ0v) is 27.1. The van der Waals surface area contributed by atoms with E-state index in [1.54, 1.807) is 63.9 Å². The largest absolute Gasteiger partial charge is 1.00 e. The second-order valence-electron chi connectivity index (χ2n) is 13.2. The van der Waals surface area contributed by atoms with Crippen molar-refractivity contribution >= 4 is 12.2 Å². The molecule has 5 rings (SSSR count). The van der Waals surface area contributed by atoms with Crippen LogP contribution in [0, 0.1) is 0 Å². The van der Waals surface area contributed by atoms with Gasteiger partial charge in [-0.25, -0.2) is 0 Å². The minimum absolute atomic E-state index is 0. The Labute approximate surface area is 229 Å². The molecule has 0 N–H and O–H groups in total. The molecular weight excluding hydrogens is 538 g/mol. The van der Waals surface area contributed by atoms with Crippen molar-refractivity contribution in [1.29, 1.82) is 0 Å². The Morgan fingerprint density at radius 2 is 0.919 bits per heavy atom. The van der Waals surface area contributed by atoms with Crippen LogP contribution in [0.3, 0.4) is 0 Å². The third-order valence-electron chi connectivity index (χ3n) is 9.36. The van der Waals surface area contributed by atoms with Crippen molar-refractivity contribution in [3.05, 3.63) is 79.9 Å². The van der Waals surface area contributed by atoms with Gasteiger partial charge >= 0.3 is 221 Å². The molecule has 2 unspecified atom stereocenters. The molecule has 0 bridgehead atoms. The number of rotatable bonds is 6. The third-order valence-corrected chi connectivity index (χ3v) is 22.9. The summed E-state index contributed by atoms with van der Waals surface area (Å²) in [5.41, 5.74) is 16.2. The molecule has 2 aliphatic carbocycles. The van der Waals surface area contributed by atoms with Crippen LogP contribution in [0.5, 0.6) is 0 Å². The zero-order valence-electron chi connectivity index (χ0n) is 24.6. The summed E-state index contributed by atoms with van der Waals surface area (Å²) < 4.78 is 4.59. The van der Waals surface area contributed by atoms with Gasteiger partial charge in [-0.2, -0.15) is 0 Å². The molecule has 0 radical (unpaired) electrons. The maximum atomic E-state index is 2.64. The van der Waals surface area contributed by atoms with Crippen molar-refractivity contribution in [3.63, 3.8) is 0 Å². The second kappa shape index (κ2) is 10.7. The SMILES string of the molecule is CC1=Cc2c(C(C)C)cc(C(C)C)cc2[CH]1[Zr+2]1([CH]2C(C)=Cc3c(C(C)C)cc(C(C)C)cc32)[CH2][CH2]1.[F-].[F-]. The van der Waals surface area contributed by atoms with E-state index in [0.717, 1.165) is 7.25 Å². The minimum Gasteiger partial charge on any atom is -1.00 e. The molecule has 0 amide bonds. The van der Waals surface area contributed by atoms with E-state index in [1.807, 2.05) is 0 Å². The molecule has 37 heavy (non-hydrogen) atoms. The van der Waals surface area contributed by atoms with Crippen molar-refractivity contribution in [2.75, 3.05) is 0 Å². The number of benzene rings is 2. The first-order valence-corrected chi connectivity index (χ1v) is 20.5. The summed E-state index contributed by atoms with van der Waals surface area (Å²) in [5, 5.41) is 0. The third kappa shape index (κ3) is 4.81. The van der Waals surface area contributed by atoms with Gasteiger partial charge in [-0.3, -0.25) is 0 Å². The van der Waals surface area contributed by atoms with Gasteiger partial charge in [-0.15, -0.1) is 0 Å². The Bertz CT molecular complexity index is 1150. The van der Waals surface area contributed by atoms with Crippen LogP contribution in [-0.2, 0) is 20.3 Å². The number of fused-ring (bicyclic) bond motifs is 2. The van der Waals surface area contributed by atoms with Gasteiger partial charge in [0.15, 0.2) is 0 Å². The number of hydrogen-bond donors (Lipinski definition) is 0. The molecule has 2 atom stereocenters.